The SMILES string of the molecule is CC(C)(C)c1cc([N+](=O)[O-])cc([N+](=O)[O-])c1O.CNC. The Labute approximate surface area is 116 Å². The average molecular weight is 285 g/mol. The summed E-state index contributed by atoms with van der Waals surface area (Å²) in [5.41, 5.74) is -1.50. The molecule has 0 atom stereocenters. The van der Waals surface area contributed by atoms with E-state index < -0.39 is 32.4 Å². The quantitative estimate of drug-likeness (QED) is 0.636. The zero-order chi connectivity index (χ0) is 16.1. The molecule has 0 saturated heterocycles. The second kappa shape index (κ2) is 6.80. The van der Waals surface area contributed by atoms with Gasteiger partial charge in [0.05, 0.1) is 15.9 Å². The van der Waals surface area contributed by atoms with Crippen molar-refractivity contribution in [2.75, 3.05) is 14.1 Å². The Morgan fingerprint density at radius 2 is 1.55 bits per heavy atom. The van der Waals surface area contributed by atoms with E-state index in [0.29, 0.717) is 0 Å². The summed E-state index contributed by atoms with van der Waals surface area (Å²) >= 11 is 0. The Morgan fingerprint density at radius 3 is 1.85 bits per heavy atom. The molecule has 0 radical (unpaired) electrons. The molecule has 0 heterocycles. The maximum absolute atomic E-state index is 10.7. The van der Waals surface area contributed by atoms with Gasteiger partial charge in [-0.2, -0.15) is 0 Å². The zero-order valence-electron chi connectivity index (χ0n) is 12.1. The van der Waals surface area contributed by atoms with Crippen molar-refractivity contribution in [1.82, 2.24) is 5.32 Å². The molecule has 1 rings (SSSR count). The minimum Gasteiger partial charge on any atom is -0.502 e. The summed E-state index contributed by atoms with van der Waals surface area (Å²) < 4.78 is 0. The van der Waals surface area contributed by atoms with Crippen molar-refractivity contribution in [2.45, 2.75) is 26.2 Å². The number of nitro benzene ring substituents is 2. The second-order valence-corrected chi connectivity index (χ2v) is 5.13. The van der Waals surface area contributed by atoms with Crippen LogP contribution in [0.2, 0.25) is 0 Å². The highest BCUT2D eigenvalue weighted by Gasteiger charge is 2.29. The van der Waals surface area contributed by atoms with E-state index >= 15 is 0 Å². The van der Waals surface area contributed by atoms with Gasteiger partial charge in [-0.15, -0.1) is 0 Å². The largest absolute Gasteiger partial charge is 0.502 e. The molecule has 0 aliphatic carbocycles. The molecule has 0 amide bonds. The molecule has 8 heteroatoms. The number of aromatic hydroxyl groups is 1. The van der Waals surface area contributed by atoms with E-state index in [1.54, 1.807) is 20.8 Å². The van der Waals surface area contributed by atoms with Crippen LogP contribution in [0.25, 0.3) is 0 Å². The maximum Gasteiger partial charge on any atom is 0.317 e. The number of non-ortho nitro benzene ring substituents is 1. The number of nitrogens with one attached hydrogen (secondary N) is 1. The third-order valence-corrected chi connectivity index (χ3v) is 2.29. The fourth-order valence-corrected chi connectivity index (χ4v) is 1.42. The van der Waals surface area contributed by atoms with Crippen molar-refractivity contribution in [2.24, 2.45) is 0 Å². The van der Waals surface area contributed by atoms with Gasteiger partial charge in [-0.25, -0.2) is 0 Å². The van der Waals surface area contributed by atoms with Crippen LogP contribution in [0.1, 0.15) is 26.3 Å². The fourth-order valence-electron chi connectivity index (χ4n) is 1.42. The van der Waals surface area contributed by atoms with Gasteiger partial charge < -0.3 is 10.4 Å². The van der Waals surface area contributed by atoms with Crippen LogP contribution in [0, 0.1) is 20.2 Å². The van der Waals surface area contributed by atoms with Crippen LogP contribution >= 0.6 is 0 Å². The molecule has 0 unspecified atom stereocenters. The predicted molar refractivity (Wildman–Crippen MR) is 75.1 cm³/mol. The summed E-state index contributed by atoms with van der Waals surface area (Å²) in [6.45, 7) is 5.11. The summed E-state index contributed by atoms with van der Waals surface area (Å²) in [7, 11) is 3.75. The van der Waals surface area contributed by atoms with Gasteiger partial charge in [0.1, 0.15) is 0 Å². The Hall–Kier alpha value is -2.22. The number of hydrogen-bond donors (Lipinski definition) is 2. The minimum atomic E-state index is -0.836. The lowest BCUT2D eigenvalue weighted by Gasteiger charge is -2.19. The van der Waals surface area contributed by atoms with Gasteiger partial charge in [0.2, 0.25) is 0 Å². The first-order chi connectivity index (χ1) is 9.06. The first-order valence-corrected chi connectivity index (χ1v) is 5.81. The number of phenolic OH excluding ortho intramolecular Hbond substituents is 1. The molecule has 0 fully saturated rings. The van der Waals surface area contributed by atoms with Crippen molar-refractivity contribution in [1.29, 1.82) is 0 Å². The molecule has 8 nitrogen and oxygen atoms in total. The summed E-state index contributed by atoms with van der Waals surface area (Å²) in [5, 5.41) is 33.9. The molecular formula is C12H19N3O5. The monoisotopic (exact) mass is 285 g/mol. The van der Waals surface area contributed by atoms with Crippen molar-refractivity contribution in [3.63, 3.8) is 0 Å². The van der Waals surface area contributed by atoms with Crippen molar-refractivity contribution in [3.8, 4) is 5.75 Å². The first-order valence-electron chi connectivity index (χ1n) is 5.81. The molecule has 1 aromatic rings. The van der Waals surface area contributed by atoms with E-state index in [1.807, 2.05) is 14.1 Å². The van der Waals surface area contributed by atoms with Crippen LogP contribution in [-0.2, 0) is 5.41 Å². The molecule has 112 valence electrons. The van der Waals surface area contributed by atoms with Gasteiger partial charge in [0.25, 0.3) is 5.69 Å². The Balaban J connectivity index is 0.00000110. The molecule has 0 spiro atoms. The number of hydrogen-bond acceptors (Lipinski definition) is 6. The lowest BCUT2D eigenvalue weighted by Crippen LogP contribution is -2.12. The van der Waals surface area contributed by atoms with E-state index in [1.165, 1.54) is 0 Å². The second-order valence-electron chi connectivity index (χ2n) is 5.13. The lowest BCUT2D eigenvalue weighted by atomic mass is 9.85. The Morgan fingerprint density at radius 1 is 1.10 bits per heavy atom. The molecule has 0 aliphatic heterocycles. The highest BCUT2D eigenvalue weighted by molar-refractivity contribution is 5.59. The maximum atomic E-state index is 10.7. The number of rotatable bonds is 2. The highest BCUT2D eigenvalue weighted by Crippen LogP contribution is 2.40. The normalized spacial score (nSPS) is 10.4. The topological polar surface area (TPSA) is 119 Å². The molecule has 2 N–H and O–H groups in total. The van der Waals surface area contributed by atoms with E-state index in [0.717, 1.165) is 12.1 Å². The van der Waals surface area contributed by atoms with E-state index in [-0.39, 0.29) is 5.56 Å². The molecule has 0 aliphatic rings. The van der Waals surface area contributed by atoms with Crippen LogP contribution in [-0.4, -0.2) is 29.0 Å². The fraction of sp³-hybridized carbons (Fsp3) is 0.500. The van der Waals surface area contributed by atoms with E-state index in [4.69, 9.17) is 0 Å². The minimum absolute atomic E-state index is 0.179. The van der Waals surface area contributed by atoms with E-state index in [9.17, 15) is 25.3 Å². The molecule has 20 heavy (non-hydrogen) atoms. The van der Waals surface area contributed by atoms with Gasteiger partial charge in [0.15, 0.2) is 5.75 Å². The summed E-state index contributed by atoms with van der Waals surface area (Å²) in [6.07, 6.45) is 0. The van der Waals surface area contributed by atoms with Gasteiger partial charge in [0, 0.05) is 11.6 Å². The predicted octanol–water partition coefficient (Wildman–Crippen LogP) is 2.34. The number of nitro groups is 2. The summed E-state index contributed by atoms with van der Waals surface area (Å²) in [6, 6.07) is 1.91. The first kappa shape index (κ1) is 17.8. The van der Waals surface area contributed by atoms with Crippen molar-refractivity contribution >= 4 is 11.4 Å². The lowest BCUT2D eigenvalue weighted by molar-refractivity contribution is -0.394. The van der Waals surface area contributed by atoms with Crippen LogP contribution < -0.4 is 5.32 Å². The van der Waals surface area contributed by atoms with Gasteiger partial charge in [-0.3, -0.25) is 20.2 Å². The standard InChI is InChI=1S/C10H12N2O5.C2H7N/c1-10(2,3)7-4-6(11(14)15)5-8(9(7)13)12(16)17;1-3-2/h4-5,13H,1-3H3;3H,1-2H3. The smallest absolute Gasteiger partial charge is 0.317 e. The third kappa shape index (κ3) is 4.47. The number of nitrogens with zero attached hydrogens (tertiary/aromatic N) is 2. The third-order valence-electron chi connectivity index (χ3n) is 2.29. The highest BCUT2D eigenvalue weighted by atomic mass is 16.6. The molecular weight excluding hydrogens is 266 g/mol. The molecule has 1 aromatic carbocycles. The van der Waals surface area contributed by atoms with Crippen molar-refractivity contribution < 1.29 is 15.0 Å². The van der Waals surface area contributed by atoms with E-state index in [2.05, 4.69) is 5.32 Å². The molecule has 0 aromatic heterocycles. The number of benzene rings is 1. The molecule has 0 saturated carbocycles. The van der Waals surface area contributed by atoms with Gasteiger partial charge in [-0.05, 0) is 19.5 Å². The number of phenols is 1. The van der Waals surface area contributed by atoms with Crippen LogP contribution in [0.4, 0.5) is 11.4 Å². The van der Waals surface area contributed by atoms with Crippen LogP contribution in [0.3, 0.4) is 0 Å². The van der Waals surface area contributed by atoms with Crippen LogP contribution in [0.5, 0.6) is 5.75 Å². The summed E-state index contributed by atoms with van der Waals surface area (Å²) in [4.78, 5) is 19.8. The average Bonchev–Trinajstić information content (AvgIpc) is 2.27. The van der Waals surface area contributed by atoms with Crippen molar-refractivity contribution in [3.05, 3.63) is 37.9 Å². The summed E-state index contributed by atoms with van der Waals surface area (Å²) in [5.74, 6) is -0.520. The molecule has 0 bridgehead atoms. The van der Waals surface area contributed by atoms with Gasteiger partial charge in [-0.1, -0.05) is 20.8 Å². The zero-order valence-corrected chi connectivity index (χ0v) is 12.1. The Kier molecular flexibility index (Phi) is 6.05. The van der Waals surface area contributed by atoms with Crippen LogP contribution in [0.15, 0.2) is 12.1 Å². The Bertz CT molecular complexity index is 509. The van der Waals surface area contributed by atoms with Gasteiger partial charge >= 0.3 is 5.69 Å².